The number of nitrogens with zero attached hydrogens (tertiary/aromatic N) is 1. The summed E-state index contributed by atoms with van der Waals surface area (Å²) >= 11 is 0. The summed E-state index contributed by atoms with van der Waals surface area (Å²) in [7, 11) is 0. The second-order valence-corrected chi connectivity index (χ2v) is 8.43. The average molecular weight is 398 g/mol. The minimum atomic E-state index is -0.353. The lowest BCUT2D eigenvalue weighted by molar-refractivity contribution is -0.140. The fourth-order valence-corrected chi connectivity index (χ4v) is 3.37. The Morgan fingerprint density at radius 2 is 1.41 bits per heavy atom. The molecule has 0 saturated carbocycles. The zero-order chi connectivity index (χ0) is 21.0. The van der Waals surface area contributed by atoms with Crippen molar-refractivity contribution in [1.82, 2.24) is 4.90 Å². The van der Waals surface area contributed by atoms with Crippen LogP contribution in [0.3, 0.4) is 0 Å². The van der Waals surface area contributed by atoms with Gasteiger partial charge in [0.15, 0.2) is 11.5 Å². The minimum Gasteiger partial charge on any atom is -0.422 e. The van der Waals surface area contributed by atoms with Gasteiger partial charge >= 0.3 is 11.9 Å². The number of hydrogen-bond acceptors (Lipinski definition) is 5. The first-order valence-corrected chi connectivity index (χ1v) is 10.6. The van der Waals surface area contributed by atoms with Crippen LogP contribution in [-0.4, -0.2) is 36.5 Å². The lowest BCUT2D eigenvalue weighted by Crippen LogP contribution is -2.21. The van der Waals surface area contributed by atoms with Crippen molar-refractivity contribution >= 4 is 22.7 Å². The normalized spacial score (nSPS) is 14.7. The fraction of sp³-hybridized carbons (Fsp3) is 0.500. The molecule has 0 bridgehead atoms. The molecular weight excluding hydrogens is 366 g/mol. The molecule has 1 saturated heterocycles. The molecule has 5 heteroatoms. The van der Waals surface area contributed by atoms with Crippen molar-refractivity contribution in [1.29, 1.82) is 0 Å². The topological polar surface area (TPSA) is 55.8 Å². The Morgan fingerprint density at radius 3 is 1.97 bits per heavy atom. The van der Waals surface area contributed by atoms with Crippen molar-refractivity contribution in [3.05, 3.63) is 35.9 Å². The molecule has 0 atom stereocenters. The first kappa shape index (κ1) is 21.3. The Labute approximate surface area is 173 Å². The predicted octanol–water partition coefficient (Wildman–Crippen LogP) is 4.60. The van der Waals surface area contributed by atoms with Gasteiger partial charge in [-0.15, -0.1) is 0 Å². The van der Waals surface area contributed by atoms with Gasteiger partial charge in [-0.25, -0.2) is 0 Å². The van der Waals surface area contributed by atoms with E-state index in [1.54, 1.807) is 39.8 Å². The van der Waals surface area contributed by atoms with E-state index in [-0.39, 0.29) is 29.5 Å². The third-order valence-electron chi connectivity index (χ3n) is 5.25. The van der Waals surface area contributed by atoms with Gasteiger partial charge in [-0.3, -0.25) is 9.59 Å². The first-order valence-electron chi connectivity index (χ1n) is 10.6. The number of hydrogen-bond donors (Lipinski definition) is 0. The Morgan fingerprint density at radius 1 is 0.862 bits per heavy atom. The lowest BCUT2D eigenvalue weighted by Gasteiger charge is -2.16. The molecule has 1 fully saturated rings. The number of carbonyl (C=O) groups excluding carboxylic acids is 2. The molecule has 1 heterocycles. The van der Waals surface area contributed by atoms with Gasteiger partial charge in [0.2, 0.25) is 0 Å². The standard InChI is InChI=1S/C24H31NO4/c1-16(2)23(26)28-21-14-19-8-7-18(9-12-25-10-5-6-11-25)13-20(19)15-22(21)29-24(27)17(3)4/h7-8,13-17H,5-6,9-12H2,1-4H3. The molecule has 0 radical (unpaired) electrons. The number of fused-ring (bicyclic) bond motifs is 1. The van der Waals surface area contributed by atoms with Crippen LogP contribution in [0.5, 0.6) is 11.5 Å². The molecule has 1 aliphatic rings. The SMILES string of the molecule is CC(C)C(=O)Oc1cc2ccc(CCN3CCCC3)cc2cc1OC(=O)C(C)C. The summed E-state index contributed by atoms with van der Waals surface area (Å²) < 4.78 is 11.1. The maximum atomic E-state index is 12.2. The van der Waals surface area contributed by atoms with E-state index in [1.165, 1.54) is 31.5 Å². The van der Waals surface area contributed by atoms with Crippen LogP contribution in [0.4, 0.5) is 0 Å². The maximum Gasteiger partial charge on any atom is 0.313 e. The maximum absolute atomic E-state index is 12.2. The number of benzene rings is 2. The summed E-state index contributed by atoms with van der Waals surface area (Å²) in [6, 6.07) is 9.87. The number of rotatable bonds is 7. The molecule has 0 aliphatic carbocycles. The zero-order valence-electron chi connectivity index (χ0n) is 17.9. The van der Waals surface area contributed by atoms with E-state index in [1.807, 2.05) is 6.07 Å². The summed E-state index contributed by atoms with van der Waals surface area (Å²) in [6.45, 7) is 10.5. The largest absolute Gasteiger partial charge is 0.422 e. The van der Waals surface area contributed by atoms with Gasteiger partial charge in [0.05, 0.1) is 11.8 Å². The van der Waals surface area contributed by atoms with E-state index in [4.69, 9.17) is 9.47 Å². The van der Waals surface area contributed by atoms with Crippen LogP contribution in [-0.2, 0) is 16.0 Å². The number of likely N-dealkylation sites (tertiary alicyclic amines) is 1. The van der Waals surface area contributed by atoms with Crippen LogP contribution in [0, 0.1) is 11.8 Å². The molecular formula is C24H31NO4. The third-order valence-corrected chi connectivity index (χ3v) is 5.25. The van der Waals surface area contributed by atoms with E-state index in [9.17, 15) is 9.59 Å². The molecule has 0 amide bonds. The number of carbonyl (C=O) groups is 2. The van der Waals surface area contributed by atoms with Gasteiger partial charge in [0, 0.05) is 6.54 Å². The van der Waals surface area contributed by atoms with E-state index in [2.05, 4.69) is 17.0 Å². The first-order chi connectivity index (χ1) is 13.8. The van der Waals surface area contributed by atoms with Crippen LogP contribution in [0.1, 0.15) is 46.1 Å². The summed E-state index contributed by atoms with van der Waals surface area (Å²) in [4.78, 5) is 26.8. The number of ether oxygens (including phenoxy) is 2. The van der Waals surface area contributed by atoms with Gasteiger partial charge in [-0.2, -0.15) is 0 Å². The highest BCUT2D eigenvalue weighted by molar-refractivity contribution is 5.89. The zero-order valence-corrected chi connectivity index (χ0v) is 17.9. The predicted molar refractivity (Wildman–Crippen MR) is 114 cm³/mol. The molecule has 5 nitrogen and oxygen atoms in total. The Kier molecular flexibility index (Phi) is 6.91. The highest BCUT2D eigenvalue weighted by atomic mass is 16.6. The highest BCUT2D eigenvalue weighted by Crippen LogP contribution is 2.34. The van der Waals surface area contributed by atoms with Gasteiger partial charge in [-0.1, -0.05) is 45.9 Å². The molecule has 0 spiro atoms. The van der Waals surface area contributed by atoms with E-state index in [0.29, 0.717) is 5.75 Å². The van der Waals surface area contributed by atoms with Crippen LogP contribution in [0.2, 0.25) is 0 Å². The highest BCUT2D eigenvalue weighted by Gasteiger charge is 2.19. The van der Waals surface area contributed by atoms with E-state index in [0.717, 1.165) is 23.7 Å². The van der Waals surface area contributed by atoms with Gasteiger partial charge in [0.1, 0.15) is 0 Å². The fourth-order valence-electron chi connectivity index (χ4n) is 3.37. The Hall–Kier alpha value is -2.40. The quantitative estimate of drug-likeness (QED) is 0.505. The van der Waals surface area contributed by atoms with Crippen molar-refractivity contribution in [2.45, 2.75) is 47.0 Å². The van der Waals surface area contributed by atoms with Crippen molar-refractivity contribution in [2.24, 2.45) is 11.8 Å². The van der Waals surface area contributed by atoms with Crippen LogP contribution in [0.25, 0.3) is 10.8 Å². The molecule has 0 unspecified atom stereocenters. The van der Waals surface area contributed by atoms with E-state index < -0.39 is 0 Å². The molecule has 0 N–H and O–H groups in total. The second-order valence-electron chi connectivity index (χ2n) is 8.43. The van der Waals surface area contributed by atoms with Crippen LogP contribution >= 0.6 is 0 Å². The van der Waals surface area contributed by atoms with Gasteiger partial charge < -0.3 is 14.4 Å². The summed E-state index contributed by atoms with van der Waals surface area (Å²) in [5.41, 5.74) is 1.25. The van der Waals surface area contributed by atoms with Crippen molar-refractivity contribution < 1.29 is 19.1 Å². The molecule has 29 heavy (non-hydrogen) atoms. The third kappa shape index (κ3) is 5.57. The summed E-state index contributed by atoms with van der Waals surface area (Å²) in [6.07, 6.45) is 3.57. The Balaban J connectivity index is 1.88. The molecule has 2 aromatic rings. The van der Waals surface area contributed by atoms with Crippen LogP contribution < -0.4 is 9.47 Å². The summed E-state index contributed by atoms with van der Waals surface area (Å²) in [5, 5.41) is 1.92. The second kappa shape index (κ2) is 9.40. The molecule has 3 rings (SSSR count). The molecule has 2 aromatic carbocycles. The minimum absolute atomic E-state index is 0.271. The van der Waals surface area contributed by atoms with Crippen LogP contribution in [0.15, 0.2) is 30.3 Å². The van der Waals surface area contributed by atoms with Gasteiger partial charge in [0.25, 0.3) is 0 Å². The Bertz CT molecular complexity index is 882. The van der Waals surface area contributed by atoms with Crippen molar-refractivity contribution in [3.8, 4) is 11.5 Å². The average Bonchev–Trinajstić information content (AvgIpc) is 3.20. The van der Waals surface area contributed by atoms with Crippen molar-refractivity contribution in [3.63, 3.8) is 0 Å². The monoisotopic (exact) mass is 397 g/mol. The molecule has 1 aliphatic heterocycles. The lowest BCUT2D eigenvalue weighted by atomic mass is 10.0. The smallest absolute Gasteiger partial charge is 0.313 e. The van der Waals surface area contributed by atoms with Crippen molar-refractivity contribution in [2.75, 3.05) is 19.6 Å². The van der Waals surface area contributed by atoms with Gasteiger partial charge in [-0.05, 0) is 60.8 Å². The summed E-state index contributed by atoms with van der Waals surface area (Å²) in [5.74, 6) is -0.667. The molecule has 0 aromatic heterocycles. The number of esters is 2. The van der Waals surface area contributed by atoms with E-state index >= 15 is 0 Å². The molecule has 156 valence electrons.